The molecule has 0 aliphatic heterocycles. The third-order valence-electron chi connectivity index (χ3n) is 2.80. The summed E-state index contributed by atoms with van der Waals surface area (Å²) >= 11 is 0. The summed E-state index contributed by atoms with van der Waals surface area (Å²) in [4.78, 5) is 32.1. The van der Waals surface area contributed by atoms with Crippen LogP contribution in [-0.2, 0) is 4.79 Å². The van der Waals surface area contributed by atoms with E-state index in [2.05, 4.69) is 5.32 Å². The first-order valence-electron chi connectivity index (χ1n) is 6.14. The molecule has 0 saturated heterocycles. The minimum absolute atomic E-state index is 0.0492. The second kappa shape index (κ2) is 7.22. The van der Waals surface area contributed by atoms with Crippen molar-refractivity contribution in [1.82, 2.24) is 5.32 Å². The van der Waals surface area contributed by atoms with Crippen LogP contribution in [-0.4, -0.2) is 28.5 Å². The van der Waals surface area contributed by atoms with Crippen LogP contribution in [0.25, 0.3) is 0 Å². The Kier molecular flexibility index (Phi) is 5.64. The van der Waals surface area contributed by atoms with Gasteiger partial charge in [0.05, 0.1) is 4.92 Å². The minimum atomic E-state index is -0.862. The fourth-order valence-electron chi connectivity index (χ4n) is 1.58. The number of aliphatic carboxylic acids is 1. The molecule has 0 fully saturated rings. The average molecular weight is 280 g/mol. The third kappa shape index (κ3) is 5.05. The van der Waals surface area contributed by atoms with Crippen molar-refractivity contribution in [1.29, 1.82) is 0 Å². The van der Waals surface area contributed by atoms with Crippen LogP contribution in [0, 0.1) is 16.0 Å². The largest absolute Gasteiger partial charge is 0.481 e. The molecule has 1 amide bonds. The van der Waals surface area contributed by atoms with Gasteiger partial charge >= 0.3 is 5.97 Å². The molecule has 1 unspecified atom stereocenters. The van der Waals surface area contributed by atoms with Crippen LogP contribution in [0.2, 0.25) is 0 Å². The van der Waals surface area contributed by atoms with Crippen LogP contribution in [0.15, 0.2) is 24.3 Å². The van der Waals surface area contributed by atoms with Gasteiger partial charge in [-0.15, -0.1) is 0 Å². The number of nitro groups is 1. The van der Waals surface area contributed by atoms with Crippen LogP contribution < -0.4 is 5.32 Å². The Morgan fingerprint density at radius 1 is 1.35 bits per heavy atom. The van der Waals surface area contributed by atoms with Crippen molar-refractivity contribution in [2.24, 2.45) is 5.92 Å². The molecule has 20 heavy (non-hydrogen) atoms. The van der Waals surface area contributed by atoms with Crippen LogP contribution >= 0.6 is 0 Å². The molecule has 7 heteroatoms. The first-order valence-corrected chi connectivity index (χ1v) is 6.14. The molecule has 0 radical (unpaired) electrons. The molecule has 1 aromatic carbocycles. The van der Waals surface area contributed by atoms with E-state index in [9.17, 15) is 19.7 Å². The van der Waals surface area contributed by atoms with Crippen LogP contribution in [0.3, 0.4) is 0 Å². The van der Waals surface area contributed by atoms with Crippen LogP contribution in [0.5, 0.6) is 0 Å². The zero-order valence-corrected chi connectivity index (χ0v) is 11.0. The molecule has 0 aliphatic carbocycles. The molecule has 2 N–H and O–H groups in total. The number of nitrogens with zero attached hydrogens (tertiary/aromatic N) is 1. The lowest BCUT2D eigenvalue weighted by Gasteiger charge is -2.11. The fourth-order valence-corrected chi connectivity index (χ4v) is 1.58. The average Bonchev–Trinajstić information content (AvgIpc) is 2.42. The lowest BCUT2D eigenvalue weighted by molar-refractivity contribution is -0.384. The maximum absolute atomic E-state index is 11.8. The van der Waals surface area contributed by atoms with E-state index in [1.54, 1.807) is 0 Å². The second-order valence-electron chi connectivity index (χ2n) is 4.55. The summed E-state index contributed by atoms with van der Waals surface area (Å²) in [6.45, 7) is 2.21. The lowest BCUT2D eigenvalue weighted by atomic mass is 10.1. The number of carboxylic acid groups (broad SMARTS) is 1. The second-order valence-corrected chi connectivity index (χ2v) is 4.55. The monoisotopic (exact) mass is 280 g/mol. The van der Waals surface area contributed by atoms with Crippen molar-refractivity contribution in [3.63, 3.8) is 0 Å². The Balaban J connectivity index is 2.46. The number of benzene rings is 1. The van der Waals surface area contributed by atoms with E-state index in [-0.39, 0.29) is 23.9 Å². The molecule has 7 nitrogen and oxygen atoms in total. The molecule has 108 valence electrons. The molecule has 0 aliphatic rings. The van der Waals surface area contributed by atoms with Gasteiger partial charge in [0.15, 0.2) is 0 Å². The van der Waals surface area contributed by atoms with Gasteiger partial charge < -0.3 is 10.4 Å². The lowest BCUT2D eigenvalue weighted by Crippen LogP contribution is -2.28. The maximum atomic E-state index is 11.8. The highest BCUT2D eigenvalue weighted by atomic mass is 16.6. The number of rotatable bonds is 7. The summed E-state index contributed by atoms with van der Waals surface area (Å²) in [5.41, 5.74) is 0.261. The Labute approximate surface area is 115 Å². The van der Waals surface area contributed by atoms with Crippen molar-refractivity contribution >= 4 is 17.6 Å². The van der Waals surface area contributed by atoms with Gasteiger partial charge in [-0.1, -0.05) is 6.92 Å². The first kappa shape index (κ1) is 15.6. The number of hydrogen-bond acceptors (Lipinski definition) is 4. The molecule has 1 aromatic rings. The normalized spacial score (nSPS) is 11.7. The number of amides is 1. The Bertz CT molecular complexity index is 498. The predicted octanol–water partition coefficient (Wildman–Crippen LogP) is 1.83. The molecule has 1 atom stereocenters. The fraction of sp³-hybridized carbons (Fsp3) is 0.385. The smallest absolute Gasteiger partial charge is 0.303 e. The van der Waals surface area contributed by atoms with Gasteiger partial charge in [-0.25, -0.2) is 0 Å². The van der Waals surface area contributed by atoms with Crippen molar-refractivity contribution in [2.75, 3.05) is 6.54 Å². The zero-order chi connectivity index (χ0) is 15.1. The highest BCUT2D eigenvalue weighted by molar-refractivity contribution is 5.94. The summed E-state index contributed by atoms with van der Waals surface area (Å²) in [7, 11) is 0. The van der Waals surface area contributed by atoms with Gasteiger partial charge in [0.25, 0.3) is 11.6 Å². The van der Waals surface area contributed by atoms with Gasteiger partial charge in [-0.2, -0.15) is 0 Å². The van der Waals surface area contributed by atoms with E-state index in [0.29, 0.717) is 18.5 Å². The van der Waals surface area contributed by atoms with Crippen molar-refractivity contribution in [2.45, 2.75) is 19.8 Å². The van der Waals surface area contributed by atoms with Crippen LogP contribution in [0.4, 0.5) is 5.69 Å². The Hall–Kier alpha value is -2.44. The standard InChI is InChI=1S/C13H16N2O5/c1-9(2-7-12(16)17)8-14-13(18)10-3-5-11(6-4-10)15(19)20/h3-6,9H,2,7-8H2,1H3,(H,14,18)(H,16,17). The summed E-state index contributed by atoms with van der Waals surface area (Å²) < 4.78 is 0. The molecule has 0 saturated carbocycles. The highest BCUT2D eigenvalue weighted by Crippen LogP contribution is 2.12. The van der Waals surface area contributed by atoms with E-state index in [1.165, 1.54) is 24.3 Å². The first-order chi connectivity index (χ1) is 9.40. The van der Waals surface area contributed by atoms with E-state index >= 15 is 0 Å². The minimum Gasteiger partial charge on any atom is -0.481 e. The van der Waals surface area contributed by atoms with E-state index < -0.39 is 10.9 Å². The van der Waals surface area contributed by atoms with E-state index in [0.717, 1.165) is 0 Å². The number of non-ortho nitro benzene ring substituents is 1. The summed E-state index contributed by atoms with van der Waals surface area (Å²) in [5.74, 6) is -1.14. The topological polar surface area (TPSA) is 110 Å². The number of carbonyl (C=O) groups excluding carboxylic acids is 1. The van der Waals surface area contributed by atoms with E-state index in [4.69, 9.17) is 5.11 Å². The molecule has 0 heterocycles. The van der Waals surface area contributed by atoms with Gasteiger partial charge in [-0.3, -0.25) is 19.7 Å². The summed E-state index contributed by atoms with van der Waals surface area (Å²) in [5, 5.41) is 21.7. The van der Waals surface area contributed by atoms with Gasteiger partial charge in [0.2, 0.25) is 0 Å². The Morgan fingerprint density at radius 3 is 2.45 bits per heavy atom. The van der Waals surface area contributed by atoms with Crippen molar-refractivity contribution in [3.8, 4) is 0 Å². The molecule has 0 spiro atoms. The number of carbonyl (C=O) groups is 2. The Morgan fingerprint density at radius 2 is 1.95 bits per heavy atom. The van der Waals surface area contributed by atoms with Gasteiger partial charge in [0.1, 0.15) is 0 Å². The van der Waals surface area contributed by atoms with Gasteiger partial charge in [-0.05, 0) is 24.5 Å². The molecule has 1 rings (SSSR count). The number of nitro benzene ring substituents is 1. The van der Waals surface area contributed by atoms with Gasteiger partial charge in [0, 0.05) is 30.7 Å². The third-order valence-corrected chi connectivity index (χ3v) is 2.80. The molecular formula is C13H16N2O5. The molecule has 0 bridgehead atoms. The van der Waals surface area contributed by atoms with Crippen molar-refractivity contribution in [3.05, 3.63) is 39.9 Å². The highest BCUT2D eigenvalue weighted by Gasteiger charge is 2.11. The number of hydrogen-bond donors (Lipinski definition) is 2. The zero-order valence-electron chi connectivity index (χ0n) is 11.0. The number of carboxylic acids is 1. The SMILES string of the molecule is CC(CCC(=O)O)CNC(=O)c1ccc([N+](=O)[O-])cc1. The number of nitrogens with one attached hydrogen (secondary N) is 1. The molecule has 0 aromatic heterocycles. The predicted molar refractivity (Wildman–Crippen MR) is 71.5 cm³/mol. The van der Waals surface area contributed by atoms with Crippen LogP contribution in [0.1, 0.15) is 30.1 Å². The maximum Gasteiger partial charge on any atom is 0.303 e. The summed E-state index contributed by atoms with van der Waals surface area (Å²) in [6.07, 6.45) is 0.546. The quantitative estimate of drug-likeness (QED) is 0.584. The molecular weight excluding hydrogens is 264 g/mol. The van der Waals surface area contributed by atoms with Crippen molar-refractivity contribution < 1.29 is 19.6 Å². The summed E-state index contributed by atoms with van der Waals surface area (Å²) in [6, 6.07) is 5.30. The van der Waals surface area contributed by atoms with E-state index in [1.807, 2.05) is 6.92 Å².